The largest absolute Gasteiger partial charge is 0.451 e. The lowest BCUT2D eigenvalue weighted by atomic mass is 10.2. The summed E-state index contributed by atoms with van der Waals surface area (Å²) in [5.74, 6) is 0.136. The van der Waals surface area contributed by atoms with Gasteiger partial charge in [-0.15, -0.1) is 0 Å². The number of carbonyl (C=O) groups excluding carboxylic acids is 1. The molecule has 0 aliphatic heterocycles. The second-order valence-electron chi connectivity index (χ2n) is 5.16. The lowest BCUT2D eigenvalue weighted by molar-refractivity contribution is 0.0917. The second kappa shape index (κ2) is 8.23. The zero-order valence-electron chi connectivity index (χ0n) is 13.3. The molecule has 0 aliphatic carbocycles. The maximum Gasteiger partial charge on any atom is 0.305 e. The average molecular weight is 406 g/mol. The van der Waals surface area contributed by atoms with Crippen LogP contribution < -0.4 is 16.2 Å². The zero-order chi connectivity index (χ0) is 18.5. The lowest BCUT2D eigenvalue weighted by Crippen LogP contribution is -2.43. The number of carbonyl (C=O) groups is 1. The summed E-state index contributed by atoms with van der Waals surface area (Å²) in [5, 5.41) is 4.12. The van der Waals surface area contributed by atoms with Crippen molar-refractivity contribution in [3.8, 4) is 11.3 Å². The highest BCUT2D eigenvalue weighted by Gasteiger charge is 2.14. The van der Waals surface area contributed by atoms with Crippen molar-refractivity contribution in [3.63, 3.8) is 0 Å². The molecule has 0 aliphatic rings. The summed E-state index contributed by atoms with van der Waals surface area (Å²) < 4.78 is 5.56. The Balaban J connectivity index is 1.60. The standard InChI is InChI=1S/C18H13Cl2N3O2S/c19-12-6-2-1-5-11(12)15-9-10-16(25-15)17(24)22-23-18(26)21-14-8-4-3-7-13(14)20/h1-10H,(H,22,24)(H2,21,23,26). The summed E-state index contributed by atoms with van der Waals surface area (Å²) in [6.07, 6.45) is 0. The van der Waals surface area contributed by atoms with Gasteiger partial charge in [-0.2, -0.15) is 0 Å². The van der Waals surface area contributed by atoms with Gasteiger partial charge < -0.3 is 9.73 Å². The van der Waals surface area contributed by atoms with Crippen LogP contribution >= 0.6 is 35.4 Å². The van der Waals surface area contributed by atoms with Crippen molar-refractivity contribution in [3.05, 3.63) is 76.5 Å². The Morgan fingerprint density at radius 2 is 1.58 bits per heavy atom. The molecule has 5 nitrogen and oxygen atoms in total. The number of para-hydroxylation sites is 1. The molecule has 1 aromatic heterocycles. The molecular formula is C18H13Cl2N3O2S. The van der Waals surface area contributed by atoms with E-state index in [1.165, 1.54) is 0 Å². The summed E-state index contributed by atoms with van der Waals surface area (Å²) in [6, 6.07) is 17.6. The Bertz CT molecular complexity index is 959. The number of benzene rings is 2. The average Bonchev–Trinajstić information content (AvgIpc) is 3.12. The van der Waals surface area contributed by atoms with Gasteiger partial charge in [-0.3, -0.25) is 15.6 Å². The van der Waals surface area contributed by atoms with E-state index in [-0.39, 0.29) is 10.9 Å². The van der Waals surface area contributed by atoms with E-state index < -0.39 is 5.91 Å². The Hall–Kier alpha value is -2.54. The van der Waals surface area contributed by atoms with Crippen molar-refractivity contribution >= 4 is 52.1 Å². The molecule has 0 unspecified atom stereocenters. The molecule has 0 spiro atoms. The van der Waals surface area contributed by atoms with Crippen LogP contribution in [0.2, 0.25) is 10.0 Å². The second-order valence-corrected chi connectivity index (χ2v) is 6.38. The van der Waals surface area contributed by atoms with Crippen LogP contribution in [0.25, 0.3) is 11.3 Å². The predicted molar refractivity (Wildman–Crippen MR) is 107 cm³/mol. The van der Waals surface area contributed by atoms with E-state index in [1.807, 2.05) is 24.3 Å². The first-order valence-corrected chi connectivity index (χ1v) is 8.67. The van der Waals surface area contributed by atoms with Gasteiger partial charge in [0.15, 0.2) is 10.9 Å². The Kier molecular flexibility index (Phi) is 5.78. The fraction of sp³-hybridized carbons (Fsp3) is 0. The van der Waals surface area contributed by atoms with Gasteiger partial charge in [0.05, 0.1) is 15.7 Å². The number of furan rings is 1. The van der Waals surface area contributed by atoms with E-state index in [0.29, 0.717) is 27.1 Å². The number of anilines is 1. The molecule has 8 heteroatoms. The molecule has 0 atom stereocenters. The van der Waals surface area contributed by atoms with E-state index in [0.717, 1.165) is 0 Å². The van der Waals surface area contributed by atoms with E-state index in [9.17, 15) is 4.79 Å². The smallest absolute Gasteiger partial charge is 0.305 e. The molecule has 0 saturated heterocycles. The van der Waals surface area contributed by atoms with Crippen LogP contribution in [0.3, 0.4) is 0 Å². The van der Waals surface area contributed by atoms with E-state index in [4.69, 9.17) is 39.8 Å². The minimum atomic E-state index is -0.480. The Labute approximate surface area is 165 Å². The maximum absolute atomic E-state index is 12.2. The minimum absolute atomic E-state index is 0.118. The Morgan fingerprint density at radius 3 is 2.31 bits per heavy atom. The van der Waals surface area contributed by atoms with Crippen LogP contribution in [0.1, 0.15) is 10.6 Å². The Morgan fingerprint density at radius 1 is 0.885 bits per heavy atom. The highest BCUT2D eigenvalue weighted by atomic mass is 35.5. The molecule has 0 radical (unpaired) electrons. The molecular weight excluding hydrogens is 393 g/mol. The molecule has 26 heavy (non-hydrogen) atoms. The van der Waals surface area contributed by atoms with Gasteiger partial charge in [0.1, 0.15) is 5.76 Å². The fourth-order valence-electron chi connectivity index (χ4n) is 2.16. The first-order valence-electron chi connectivity index (χ1n) is 7.51. The number of nitrogens with one attached hydrogen (secondary N) is 3. The number of hydrazine groups is 1. The highest BCUT2D eigenvalue weighted by Crippen LogP contribution is 2.29. The number of hydrogen-bond acceptors (Lipinski definition) is 3. The van der Waals surface area contributed by atoms with Crippen molar-refractivity contribution < 1.29 is 9.21 Å². The third-order valence-corrected chi connectivity index (χ3v) is 4.24. The number of hydrogen-bond donors (Lipinski definition) is 3. The van der Waals surface area contributed by atoms with Gasteiger partial charge >= 0.3 is 5.91 Å². The van der Waals surface area contributed by atoms with Crippen LogP contribution in [0, 0.1) is 0 Å². The summed E-state index contributed by atoms with van der Waals surface area (Å²) in [7, 11) is 0. The first-order chi connectivity index (χ1) is 12.5. The van der Waals surface area contributed by atoms with Crippen molar-refractivity contribution in [1.29, 1.82) is 0 Å². The molecule has 1 amide bonds. The molecule has 3 aromatic rings. The van der Waals surface area contributed by atoms with Gasteiger partial charge in [0, 0.05) is 5.56 Å². The van der Waals surface area contributed by atoms with Gasteiger partial charge in [-0.25, -0.2) is 0 Å². The third kappa shape index (κ3) is 4.35. The van der Waals surface area contributed by atoms with Crippen LogP contribution in [0.4, 0.5) is 5.69 Å². The molecule has 0 fully saturated rings. The number of amides is 1. The van der Waals surface area contributed by atoms with Crippen LogP contribution in [-0.4, -0.2) is 11.0 Å². The SMILES string of the molecule is O=C(NNC(=S)Nc1ccccc1Cl)c1ccc(-c2ccccc2Cl)o1. The molecule has 0 saturated carbocycles. The lowest BCUT2D eigenvalue weighted by Gasteiger charge is -2.11. The van der Waals surface area contributed by atoms with Crippen molar-refractivity contribution in [1.82, 2.24) is 10.9 Å². The highest BCUT2D eigenvalue weighted by molar-refractivity contribution is 7.80. The van der Waals surface area contributed by atoms with Crippen LogP contribution in [0.5, 0.6) is 0 Å². The molecule has 2 aromatic carbocycles. The van der Waals surface area contributed by atoms with Gasteiger partial charge in [-0.05, 0) is 48.6 Å². The van der Waals surface area contributed by atoms with Crippen LogP contribution in [-0.2, 0) is 0 Å². The number of thiocarbonyl (C=S) groups is 1. The minimum Gasteiger partial charge on any atom is -0.451 e. The molecule has 132 valence electrons. The van der Waals surface area contributed by atoms with Crippen LogP contribution in [0.15, 0.2) is 65.1 Å². The number of rotatable bonds is 3. The van der Waals surface area contributed by atoms with Gasteiger partial charge in [0.2, 0.25) is 0 Å². The molecule has 3 rings (SSSR count). The monoisotopic (exact) mass is 405 g/mol. The molecule has 0 bridgehead atoms. The topological polar surface area (TPSA) is 66.3 Å². The van der Waals surface area contributed by atoms with Crippen molar-refractivity contribution in [2.24, 2.45) is 0 Å². The normalized spacial score (nSPS) is 10.2. The third-order valence-electron chi connectivity index (χ3n) is 3.38. The van der Waals surface area contributed by atoms with Crippen molar-refractivity contribution in [2.45, 2.75) is 0 Å². The van der Waals surface area contributed by atoms with Gasteiger partial charge in [0.25, 0.3) is 0 Å². The van der Waals surface area contributed by atoms with Crippen molar-refractivity contribution in [2.75, 3.05) is 5.32 Å². The summed E-state index contributed by atoms with van der Waals surface area (Å²) in [4.78, 5) is 12.2. The first kappa shape index (κ1) is 18.3. The van der Waals surface area contributed by atoms with Gasteiger partial charge in [-0.1, -0.05) is 47.5 Å². The zero-order valence-corrected chi connectivity index (χ0v) is 15.6. The van der Waals surface area contributed by atoms with E-state index in [1.54, 1.807) is 36.4 Å². The molecule has 3 N–H and O–H groups in total. The quantitative estimate of drug-likeness (QED) is 0.427. The maximum atomic E-state index is 12.2. The van der Waals surface area contributed by atoms with E-state index in [2.05, 4.69) is 16.2 Å². The summed E-state index contributed by atoms with van der Waals surface area (Å²) >= 11 is 17.3. The fourth-order valence-corrected chi connectivity index (χ4v) is 2.73. The predicted octanol–water partition coefficient (Wildman–Crippen LogP) is 4.88. The van der Waals surface area contributed by atoms with E-state index >= 15 is 0 Å². The summed E-state index contributed by atoms with van der Waals surface area (Å²) in [5.41, 5.74) is 6.38. The molecule has 1 heterocycles. The number of halogens is 2. The summed E-state index contributed by atoms with van der Waals surface area (Å²) in [6.45, 7) is 0.